The predicted octanol–water partition coefficient (Wildman–Crippen LogP) is 1.91. The molecular formula is C19H25N3O3. The molecule has 1 aromatic heterocycles. The van der Waals surface area contributed by atoms with E-state index in [1.807, 2.05) is 11.0 Å². The summed E-state index contributed by atoms with van der Waals surface area (Å²) >= 11 is 0. The molecule has 4 rings (SSSR count). The zero-order valence-electron chi connectivity index (χ0n) is 14.7. The minimum Gasteiger partial charge on any atom is -0.378 e. The molecule has 1 amide bonds. The lowest BCUT2D eigenvalue weighted by atomic mass is 9.90. The lowest BCUT2D eigenvalue weighted by Gasteiger charge is -2.32. The Bertz CT molecular complexity index is 677. The van der Waals surface area contributed by atoms with Crippen LogP contribution in [0.2, 0.25) is 0 Å². The zero-order valence-corrected chi connectivity index (χ0v) is 14.7. The number of rotatable bonds is 2. The maximum absolute atomic E-state index is 13.2. The Morgan fingerprint density at radius 1 is 1.12 bits per heavy atom. The Morgan fingerprint density at radius 2 is 1.80 bits per heavy atom. The SMILES string of the molecule is CC1CC=Cc2c(C(=O)N3CCOCC3)cc(N3CCOCC3)nc21. The summed E-state index contributed by atoms with van der Waals surface area (Å²) in [5, 5.41) is 0. The van der Waals surface area contributed by atoms with Crippen molar-refractivity contribution < 1.29 is 14.3 Å². The molecule has 6 nitrogen and oxygen atoms in total. The van der Waals surface area contributed by atoms with Gasteiger partial charge >= 0.3 is 0 Å². The molecule has 1 atom stereocenters. The number of ether oxygens (including phenoxy) is 2. The standard InChI is InChI=1S/C19H25N3O3/c1-14-3-2-4-15-16(19(23)22-7-11-25-12-8-22)13-17(20-18(14)15)21-5-9-24-10-6-21/h2,4,13-14H,3,5-12H2,1H3. The number of nitrogens with zero attached hydrogens (tertiary/aromatic N) is 3. The van der Waals surface area contributed by atoms with Gasteiger partial charge in [-0.25, -0.2) is 4.98 Å². The van der Waals surface area contributed by atoms with Crippen LogP contribution in [0.1, 0.15) is 40.9 Å². The van der Waals surface area contributed by atoms with Crippen molar-refractivity contribution in [2.45, 2.75) is 19.3 Å². The first-order valence-corrected chi connectivity index (χ1v) is 9.15. The van der Waals surface area contributed by atoms with Gasteiger partial charge in [-0.15, -0.1) is 0 Å². The number of fused-ring (bicyclic) bond motifs is 1. The molecule has 6 heteroatoms. The van der Waals surface area contributed by atoms with Gasteiger partial charge in [0.05, 0.1) is 37.7 Å². The first kappa shape index (κ1) is 16.5. The molecule has 1 aliphatic carbocycles. The maximum atomic E-state index is 13.2. The van der Waals surface area contributed by atoms with E-state index in [4.69, 9.17) is 14.5 Å². The van der Waals surface area contributed by atoms with Crippen LogP contribution in [0.15, 0.2) is 12.1 Å². The Labute approximate surface area is 148 Å². The van der Waals surface area contributed by atoms with Crippen LogP contribution < -0.4 is 4.90 Å². The highest BCUT2D eigenvalue weighted by Crippen LogP contribution is 2.33. The third-order valence-electron chi connectivity index (χ3n) is 5.18. The molecule has 3 heterocycles. The number of aromatic nitrogens is 1. The molecule has 2 saturated heterocycles. The van der Waals surface area contributed by atoms with Gasteiger partial charge in [-0.1, -0.05) is 19.1 Å². The summed E-state index contributed by atoms with van der Waals surface area (Å²) in [7, 11) is 0. The number of anilines is 1. The first-order chi connectivity index (χ1) is 12.2. The fraction of sp³-hybridized carbons (Fsp3) is 0.579. The Balaban J connectivity index is 1.74. The number of carbonyl (C=O) groups excluding carboxylic acids is 1. The summed E-state index contributed by atoms with van der Waals surface area (Å²) in [5.74, 6) is 1.33. The quantitative estimate of drug-likeness (QED) is 0.821. The lowest BCUT2D eigenvalue weighted by Crippen LogP contribution is -2.41. The van der Waals surface area contributed by atoms with E-state index in [1.165, 1.54) is 0 Å². The van der Waals surface area contributed by atoms with Gasteiger partial charge in [0.25, 0.3) is 5.91 Å². The normalized spacial score (nSPS) is 23.5. The molecule has 25 heavy (non-hydrogen) atoms. The van der Waals surface area contributed by atoms with Crippen molar-refractivity contribution in [3.05, 3.63) is 29.0 Å². The van der Waals surface area contributed by atoms with Gasteiger partial charge in [0, 0.05) is 37.7 Å². The third kappa shape index (κ3) is 3.28. The van der Waals surface area contributed by atoms with E-state index in [2.05, 4.69) is 24.0 Å². The van der Waals surface area contributed by atoms with Gasteiger partial charge in [0.1, 0.15) is 5.82 Å². The molecule has 2 fully saturated rings. The number of morpholine rings is 2. The lowest BCUT2D eigenvalue weighted by molar-refractivity contribution is 0.0302. The first-order valence-electron chi connectivity index (χ1n) is 9.15. The van der Waals surface area contributed by atoms with Crippen molar-refractivity contribution >= 4 is 17.8 Å². The summed E-state index contributed by atoms with van der Waals surface area (Å²) in [4.78, 5) is 22.2. The summed E-state index contributed by atoms with van der Waals surface area (Å²) < 4.78 is 10.9. The summed E-state index contributed by atoms with van der Waals surface area (Å²) in [6, 6.07) is 1.98. The van der Waals surface area contributed by atoms with Crippen molar-refractivity contribution in [3.8, 4) is 0 Å². The van der Waals surface area contributed by atoms with Crippen molar-refractivity contribution in [2.75, 3.05) is 57.5 Å². The molecule has 134 valence electrons. The summed E-state index contributed by atoms with van der Waals surface area (Å²) in [6.07, 6.45) is 5.19. The Hall–Kier alpha value is -1.92. The van der Waals surface area contributed by atoms with E-state index in [0.717, 1.165) is 42.1 Å². The molecule has 1 unspecified atom stereocenters. The van der Waals surface area contributed by atoms with Gasteiger partial charge in [0.15, 0.2) is 0 Å². The van der Waals surface area contributed by atoms with Crippen LogP contribution in [0.4, 0.5) is 5.82 Å². The Kier molecular flexibility index (Phi) is 4.72. The number of hydrogen-bond donors (Lipinski definition) is 0. The highest BCUT2D eigenvalue weighted by molar-refractivity contribution is 5.99. The monoisotopic (exact) mass is 343 g/mol. The van der Waals surface area contributed by atoms with Crippen molar-refractivity contribution in [2.24, 2.45) is 0 Å². The number of amides is 1. The maximum Gasteiger partial charge on any atom is 0.254 e. The van der Waals surface area contributed by atoms with Gasteiger partial charge in [-0.2, -0.15) is 0 Å². The van der Waals surface area contributed by atoms with Gasteiger partial charge < -0.3 is 19.3 Å². The average Bonchev–Trinajstić information content (AvgIpc) is 2.68. The van der Waals surface area contributed by atoms with Crippen LogP contribution in [0.3, 0.4) is 0 Å². The summed E-state index contributed by atoms with van der Waals surface area (Å²) in [6.45, 7) is 7.78. The van der Waals surface area contributed by atoms with E-state index in [0.29, 0.717) is 45.4 Å². The zero-order chi connectivity index (χ0) is 17.2. The second-order valence-electron chi connectivity index (χ2n) is 6.87. The van der Waals surface area contributed by atoms with Crippen LogP contribution in [0, 0.1) is 0 Å². The van der Waals surface area contributed by atoms with Crippen molar-refractivity contribution in [1.29, 1.82) is 0 Å². The van der Waals surface area contributed by atoms with Crippen LogP contribution >= 0.6 is 0 Å². The Morgan fingerprint density at radius 3 is 2.52 bits per heavy atom. The highest BCUT2D eigenvalue weighted by Gasteiger charge is 2.27. The second-order valence-corrected chi connectivity index (χ2v) is 6.87. The van der Waals surface area contributed by atoms with Gasteiger partial charge in [-0.05, 0) is 12.5 Å². The topological polar surface area (TPSA) is 54.9 Å². The predicted molar refractivity (Wildman–Crippen MR) is 96.1 cm³/mol. The fourth-order valence-corrected chi connectivity index (χ4v) is 3.68. The van der Waals surface area contributed by atoms with E-state index < -0.39 is 0 Å². The molecular weight excluding hydrogens is 318 g/mol. The van der Waals surface area contributed by atoms with E-state index in [1.54, 1.807) is 0 Å². The number of pyridine rings is 1. The number of allylic oxidation sites excluding steroid dienone is 1. The molecule has 0 N–H and O–H groups in total. The van der Waals surface area contributed by atoms with Crippen molar-refractivity contribution in [3.63, 3.8) is 0 Å². The minimum absolute atomic E-state index is 0.0928. The minimum atomic E-state index is 0.0928. The molecule has 3 aliphatic rings. The second kappa shape index (κ2) is 7.14. The molecule has 2 aliphatic heterocycles. The van der Waals surface area contributed by atoms with Gasteiger partial charge in [-0.3, -0.25) is 4.79 Å². The number of carbonyl (C=O) groups is 1. The fourth-order valence-electron chi connectivity index (χ4n) is 3.68. The van der Waals surface area contributed by atoms with Crippen molar-refractivity contribution in [1.82, 2.24) is 9.88 Å². The van der Waals surface area contributed by atoms with E-state index >= 15 is 0 Å². The molecule has 0 spiro atoms. The smallest absolute Gasteiger partial charge is 0.254 e. The van der Waals surface area contributed by atoms with E-state index in [-0.39, 0.29) is 5.91 Å². The van der Waals surface area contributed by atoms with E-state index in [9.17, 15) is 4.79 Å². The van der Waals surface area contributed by atoms with Crippen LogP contribution in [0.5, 0.6) is 0 Å². The molecule has 0 bridgehead atoms. The third-order valence-corrected chi connectivity index (χ3v) is 5.18. The van der Waals surface area contributed by atoms with Crippen LogP contribution in [-0.2, 0) is 9.47 Å². The highest BCUT2D eigenvalue weighted by atomic mass is 16.5. The number of hydrogen-bond acceptors (Lipinski definition) is 5. The summed E-state index contributed by atoms with van der Waals surface area (Å²) in [5.41, 5.74) is 2.81. The molecule has 1 aromatic rings. The molecule has 0 saturated carbocycles. The van der Waals surface area contributed by atoms with Crippen LogP contribution in [0.25, 0.3) is 6.08 Å². The van der Waals surface area contributed by atoms with Gasteiger partial charge in [0.2, 0.25) is 0 Å². The van der Waals surface area contributed by atoms with Crippen LogP contribution in [-0.4, -0.2) is 68.4 Å². The largest absolute Gasteiger partial charge is 0.378 e. The average molecular weight is 343 g/mol. The molecule has 0 radical (unpaired) electrons. The molecule has 0 aromatic carbocycles.